The van der Waals surface area contributed by atoms with Crippen molar-refractivity contribution in [3.63, 3.8) is 0 Å². The van der Waals surface area contributed by atoms with Crippen LogP contribution >= 0.6 is 15.9 Å². The van der Waals surface area contributed by atoms with Crippen LogP contribution in [0.3, 0.4) is 0 Å². The minimum absolute atomic E-state index is 0.375. The van der Waals surface area contributed by atoms with E-state index in [0.29, 0.717) is 17.6 Å². The first kappa shape index (κ1) is 22.2. The van der Waals surface area contributed by atoms with Crippen LogP contribution < -0.4 is 5.32 Å². The van der Waals surface area contributed by atoms with Gasteiger partial charge in [0.1, 0.15) is 0 Å². The van der Waals surface area contributed by atoms with Gasteiger partial charge in [-0.15, -0.1) is 0 Å². The molecule has 3 aromatic carbocycles. The number of benzene rings is 3. The summed E-state index contributed by atoms with van der Waals surface area (Å²) < 4.78 is 0.909. The maximum absolute atomic E-state index is 13.4. The quantitative estimate of drug-likeness (QED) is 0.166. The van der Waals surface area contributed by atoms with E-state index in [1.54, 1.807) is 0 Å². The van der Waals surface area contributed by atoms with E-state index in [-0.39, 0.29) is 0 Å². The van der Waals surface area contributed by atoms with E-state index < -0.39 is 11.8 Å². The van der Waals surface area contributed by atoms with Gasteiger partial charge in [0, 0.05) is 61.4 Å². The third-order valence-electron chi connectivity index (χ3n) is 6.71. The van der Waals surface area contributed by atoms with Gasteiger partial charge < -0.3 is 15.4 Å². The molecule has 4 N–H and O–H groups in total. The molecular formula is C29H21BrN4O2. The highest BCUT2D eigenvalue weighted by molar-refractivity contribution is 9.10. The van der Waals surface area contributed by atoms with Crippen LogP contribution in [0, 0.1) is 12.3 Å². The van der Waals surface area contributed by atoms with Crippen molar-refractivity contribution in [2.75, 3.05) is 0 Å². The van der Waals surface area contributed by atoms with E-state index >= 15 is 0 Å². The molecule has 0 unspecified atom stereocenters. The Morgan fingerprint density at radius 1 is 0.833 bits per heavy atom. The molecule has 0 bridgehead atoms. The van der Waals surface area contributed by atoms with Gasteiger partial charge >= 0.3 is 0 Å². The molecule has 0 saturated heterocycles. The van der Waals surface area contributed by atoms with Crippen LogP contribution in [0.2, 0.25) is 0 Å². The molecule has 7 heteroatoms. The second-order valence-corrected chi connectivity index (χ2v) is 9.75. The number of hydrogen-bond donors (Lipinski definition) is 4. The monoisotopic (exact) mass is 536 g/mol. The molecule has 176 valence electrons. The highest BCUT2D eigenvalue weighted by Crippen LogP contribution is 2.41. The van der Waals surface area contributed by atoms with Gasteiger partial charge in [0.2, 0.25) is 0 Å². The van der Waals surface area contributed by atoms with Gasteiger partial charge in [0.15, 0.2) is 0 Å². The number of hydrogen-bond acceptors (Lipinski definition) is 3. The fourth-order valence-electron chi connectivity index (χ4n) is 5.16. The summed E-state index contributed by atoms with van der Waals surface area (Å²) in [5.74, 6) is -0.802. The Balaban J connectivity index is 1.65. The number of halogens is 1. The lowest BCUT2D eigenvalue weighted by atomic mass is 9.91. The molecular weight excluding hydrogens is 516 g/mol. The Morgan fingerprint density at radius 3 is 2.14 bits per heavy atom. The molecule has 0 saturated carbocycles. The van der Waals surface area contributed by atoms with E-state index in [1.165, 1.54) is 6.21 Å². The van der Waals surface area contributed by atoms with Crippen LogP contribution in [0.15, 0.2) is 71.2 Å². The number of fused-ring (bicyclic) bond motifs is 2. The molecule has 0 radical (unpaired) electrons. The van der Waals surface area contributed by atoms with Crippen molar-refractivity contribution in [1.82, 2.24) is 15.3 Å². The van der Waals surface area contributed by atoms with Gasteiger partial charge in [0.05, 0.1) is 11.1 Å². The van der Waals surface area contributed by atoms with Crippen molar-refractivity contribution < 1.29 is 9.59 Å². The number of nitrogens with one attached hydrogen (secondary N) is 4. The van der Waals surface area contributed by atoms with Gasteiger partial charge in [-0.25, -0.2) is 0 Å². The Morgan fingerprint density at radius 2 is 1.44 bits per heavy atom. The maximum atomic E-state index is 13.4. The molecule has 1 aliphatic rings. The molecule has 2 amide bonds. The third-order valence-corrected chi connectivity index (χ3v) is 7.49. The first-order chi connectivity index (χ1) is 17.5. The lowest BCUT2D eigenvalue weighted by Crippen LogP contribution is -2.23. The Labute approximate surface area is 215 Å². The van der Waals surface area contributed by atoms with Crippen LogP contribution in [0.4, 0.5) is 0 Å². The van der Waals surface area contributed by atoms with Crippen molar-refractivity contribution in [3.8, 4) is 0 Å². The zero-order valence-corrected chi connectivity index (χ0v) is 20.9. The maximum Gasteiger partial charge on any atom is 0.259 e. The number of H-pyrrole nitrogens is 2. The number of carbonyl (C=O) groups excluding carboxylic acids is 2. The normalized spacial score (nSPS) is 13.7. The Hall–Kier alpha value is -4.23. The number of rotatable bonds is 5. The zero-order valence-electron chi connectivity index (χ0n) is 19.3. The van der Waals surface area contributed by atoms with Crippen molar-refractivity contribution in [2.24, 2.45) is 0 Å². The lowest BCUT2D eigenvalue weighted by Gasteiger charge is -2.10. The lowest BCUT2D eigenvalue weighted by molar-refractivity contribution is -0.122. The van der Waals surface area contributed by atoms with E-state index in [9.17, 15) is 9.59 Å². The van der Waals surface area contributed by atoms with Crippen LogP contribution in [-0.4, -0.2) is 28.0 Å². The van der Waals surface area contributed by atoms with Crippen molar-refractivity contribution >= 4 is 66.9 Å². The van der Waals surface area contributed by atoms with Gasteiger partial charge in [-0.3, -0.25) is 14.9 Å². The number of amides is 2. The molecule has 6 rings (SSSR count). The van der Waals surface area contributed by atoms with E-state index in [2.05, 4.69) is 31.2 Å². The average molecular weight is 537 g/mol. The smallest absolute Gasteiger partial charge is 0.259 e. The number of para-hydroxylation sites is 2. The predicted molar refractivity (Wildman–Crippen MR) is 146 cm³/mol. The van der Waals surface area contributed by atoms with Gasteiger partial charge in [0.25, 0.3) is 11.8 Å². The molecule has 5 aromatic rings. The summed E-state index contributed by atoms with van der Waals surface area (Å²) in [6.07, 6.45) is 1.79. The highest BCUT2D eigenvalue weighted by atomic mass is 79.9. The average Bonchev–Trinajstić information content (AvgIpc) is 3.49. The van der Waals surface area contributed by atoms with Crippen LogP contribution in [-0.2, 0) is 16.0 Å². The van der Waals surface area contributed by atoms with E-state index in [0.717, 1.165) is 59.9 Å². The predicted octanol–water partition coefficient (Wildman–Crippen LogP) is 5.88. The summed E-state index contributed by atoms with van der Waals surface area (Å²) in [6.45, 7) is 1.92. The number of aryl methyl sites for hydroxylation is 1. The first-order valence-corrected chi connectivity index (χ1v) is 12.3. The fraction of sp³-hybridized carbons (Fsp3) is 0.0690. The summed E-state index contributed by atoms with van der Waals surface area (Å²) in [7, 11) is 0. The van der Waals surface area contributed by atoms with Crippen molar-refractivity contribution in [2.45, 2.75) is 13.3 Å². The summed E-state index contributed by atoms with van der Waals surface area (Å²) in [5.41, 5.74) is 7.44. The molecule has 0 fully saturated rings. The number of carbonyl (C=O) groups is 2. The molecule has 0 spiro atoms. The van der Waals surface area contributed by atoms with Crippen molar-refractivity contribution in [3.05, 3.63) is 105 Å². The number of aromatic amines is 2. The molecule has 1 aliphatic heterocycles. The Kier molecular flexibility index (Phi) is 5.23. The highest BCUT2D eigenvalue weighted by Gasteiger charge is 2.36. The van der Waals surface area contributed by atoms with E-state index in [4.69, 9.17) is 5.41 Å². The molecule has 0 aliphatic carbocycles. The first-order valence-electron chi connectivity index (χ1n) is 11.5. The second-order valence-electron chi connectivity index (χ2n) is 8.90. The van der Waals surface area contributed by atoms with Gasteiger partial charge in [-0.05, 0) is 42.3 Å². The largest absolute Gasteiger partial charge is 0.358 e. The summed E-state index contributed by atoms with van der Waals surface area (Å²) in [4.78, 5) is 33.5. The van der Waals surface area contributed by atoms with Gasteiger partial charge in [-0.1, -0.05) is 58.4 Å². The molecule has 2 aromatic heterocycles. The van der Waals surface area contributed by atoms with Crippen molar-refractivity contribution in [1.29, 1.82) is 5.41 Å². The van der Waals surface area contributed by atoms with Crippen LogP contribution in [0.1, 0.15) is 33.6 Å². The second kappa shape index (κ2) is 8.46. The number of imide groups is 1. The molecule has 0 atom stereocenters. The summed E-state index contributed by atoms with van der Waals surface area (Å²) in [6, 6.07) is 21.3. The van der Waals surface area contributed by atoms with Gasteiger partial charge in [-0.2, -0.15) is 0 Å². The molecule has 36 heavy (non-hydrogen) atoms. The van der Waals surface area contributed by atoms with Crippen LogP contribution in [0.25, 0.3) is 33.0 Å². The third kappa shape index (κ3) is 3.43. The minimum Gasteiger partial charge on any atom is -0.358 e. The topological polar surface area (TPSA) is 102 Å². The summed E-state index contributed by atoms with van der Waals surface area (Å²) >= 11 is 3.63. The molecule has 3 heterocycles. The molecule has 6 nitrogen and oxygen atoms in total. The summed E-state index contributed by atoms with van der Waals surface area (Å²) in [5, 5.41) is 12.0. The number of aromatic nitrogens is 2. The zero-order chi connectivity index (χ0) is 25.0. The standard InChI is InChI=1S/C29H21BrN4O2/c1-15-24(18-6-2-4-8-21(18)32-15)26-27(29(36)34-28(26)35)25-19-7-3-5-9-22(19)33-23(25)13-17-12-16(14-31)10-11-20(17)30/h2-12,14,31-33H,13H2,1H3,(H,34,35,36). The van der Waals surface area contributed by atoms with Crippen LogP contribution in [0.5, 0.6) is 0 Å². The minimum atomic E-state index is -0.405. The fourth-order valence-corrected chi connectivity index (χ4v) is 5.54. The Bertz CT molecular complexity index is 1770. The SMILES string of the molecule is Cc1[nH]c2ccccc2c1C1=C(c2c(Cc3cc(C=N)ccc3Br)[nH]c3ccccc23)C(=O)NC1=O. The van der Waals surface area contributed by atoms with E-state index in [1.807, 2.05) is 73.7 Å².